The van der Waals surface area contributed by atoms with Crippen LogP contribution in [0.1, 0.15) is 23.7 Å². The summed E-state index contributed by atoms with van der Waals surface area (Å²) in [6, 6.07) is 5.21. The molecule has 1 aliphatic rings. The van der Waals surface area contributed by atoms with E-state index < -0.39 is 27.9 Å². The van der Waals surface area contributed by atoms with Crippen molar-refractivity contribution < 1.29 is 26.7 Å². The maximum atomic E-state index is 12.1. The number of carbonyl (C=O) groups excluding carboxylic acids is 1. The molecule has 8 heteroatoms. The van der Waals surface area contributed by atoms with Gasteiger partial charge in [-0.2, -0.15) is 8.78 Å². The molecule has 0 bridgehead atoms. The molecule has 1 unspecified atom stereocenters. The highest BCUT2D eigenvalue weighted by atomic mass is 32.2. The number of halogens is 2. The Morgan fingerprint density at radius 2 is 1.95 bits per heavy atom. The molecule has 116 valence electrons. The summed E-state index contributed by atoms with van der Waals surface area (Å²) in [6.45, 7) is -1.25. The van der Waals surface area contributed by atoms with Gasteiger partial charge in [-0.1, -0.05) is 0 Å². The zero-order valence-electron chi connectivity index (χ0n) is 11.3. The lowest BCUT2D eigenvalue weighted by Gasteiger charge is -2.23. The van der Waals surface area contributed by atoms with Crippen molar-refractivity contribution in [2.75, 3.05) is 11.5 Å². The van der Waals surface area contributed by atoms with Gasteiger partial charge in [-0.3, -0.25) is 4.79 Å². The number of hydrogen-bond donors (Lipinski definition) is 1. The summed E-state index contributed by atoms with van der Waals surface area (Å²) in [5.41, 5.74) is -0.546. The molecule has 21 heavy (non-hydrogen) atoms. The minimum atomic E-state index is -3.12. The van der Waals surface area contributed by atoms with Crippen LogP contribution in [0.2, 0.25) is 0 Å². The predicted octanol–water partition coefficient (Wildman–Crippen LogP) is 1.60. The quantitative estimate of drug-likeness (QED) is 0.915. The molecule has 1 aromatic rings. The van der Waals surface area contributed by atoms with E-state index >= 15 is 0 Å². The molecule has 1 N–H and O–H groups in total. The predicted molar refractivity (Wildman–Crippen MR) is 72.2 cm³/mol. The lowest BCUT2D eigenvalue weighted by molar-refractivity contribution is -0.0498. The van der Waals surface area contributed by atoms with Crippen molar-refractivity contribution in [2.24, 2.45) is 0 Å². The molecule has 2 rings (SSSR count). The third-order valence-corrected chi connectivity index (χ3v) is 5.16. The number of rotatable bonds is 4. The Hall–Kier alpha value is -1.70. The summed E-state index contributed by atoms with van der Waals surface area (Å²) in [5.74, 6) is -0.544. The summed E-state index contributed by atoms with van der Waals surface area (Å²) in [4.78, 5) is 12.1. The van der Waals surface area contributed by atoms with Gasteiger partial charge in [0.2, 0.25) is 0 Å². The lowest BCUT2D eigenvalue weighted by Crippen LogP contribution is -2.46. The average molecular weight is 319 g/mol. The molecule has 0 aliphatic carbocycles. The first-order valence-corrected chi connectivity index (χ1v) is 8.09. The van der Waals surface area contributed by atoms with Crippen LogP contribution in [0.5, 0.6) is 5.75 Å². The van der Waals surface area contributed by atoms with E-state index in [0.29, 0.717) is 6.42 Å². The first-order chi connectivity index (χ1) is 9.69. The SMILES string of the molecule is CC1(NC(=O)c2ccc(OC(F)F)cc2)CCS(=O)(=O)C1. The second-order valence-electron chi connectivity index (χ2n) is 5.26. The number of carbonyl (C=O) groups is 1. The molecule has 1 fully saturated rings. The number of hydrogen-bond acceptors (Lipinski definition) is 4. The molecule has 0 aromatic heterocycles. The van der Waals surface area contributed by atoms with Gasteiger partial charge in [0, 0.05) is 5.56 Å². The summed E-state index contributed by atoms with van der Waals surface area (Å²) in [6.07, 6.45) is 0.355. The minimum absolute atomic E-state index is 0.0452. The highest BCUT2D eigenvalue weighted by molar-refractivity contribution is 7.91. The fourth-order valence-corrected chi connectivity index (χ4v) is 4.34. The first-order valence-electron chi connectivity index (χ1n) is 6.27. The van der Waals surface area contributed by atoms with E-state index in [1.807, 2.05) is 0 Å². The maximum absolute atomic E-state index is 12.1. The van der Waals surface area contributed by atoms with Crippen molar-refractivity contribution in [2.45, 2.75) is 25.5 Å². The molecule has 1 aliphatic heterocycles. The largest absolute Gasteiger partial charge is 0.435 e. The normalized spacial score (nSPS) is 24.0. The van der Waals surface area contributed by atoms with Gasteiger partial charge in [0.1, 0.15) is 5.75 Å². The Bertz CT molecular complexity index is 630. The summed E-state index contributed by atoms with van der Waals surface area (Å²) in [5, 5.41) is 2.68. The van der Waals surface area contributed by atoms with Crippen molar-refractivity contribution in [3.63, 3.8) is 0 Å². The average Bonchev–Trinajstić information content (AvgIpc) is 2.63. The van der Waals surface area contributed by atoms with Crippen LogP contribution in [0.3, 0.4) is 0 Å². The van der Waals surface area contributed by atoms with Crippen molar-refractivity contribution >= 4 is 15.7 Å². The first kappa shape index (κ1) is 15.7. The van der Waals surface area contributed by atoms with Crippen LogP contribution in [-0.2, 0) is 9.84 Å². The van der Waals surface area contributed by atoms with Crippen LogP contribution < -0.4 is 10.1 Å². The highest BCUT2D eigenvalue weighted by Gasteiger charge is 2.39. The Morgan fingerprint density at radius 1 is 1.33 bits per heavy atom. The van der Waals surface area contributed by atoms with Crippen molar-refractivity contribution in [3.05, 3.63) is 29.8 Å². The van der Waals surface area contributed by atoms with Gasteiger partial charge in [0.25, 0.3) is 5.91 Å². The van der Waals surface area contributed by atoms with Gasteiger partial charge in [-0.25, -0.2) is 8.42 Å². The van der Waals surface area contributed by atoms with E-state index in [9.17, 15) is 22.0 Å². The second kappa shape index (κ2) is 5.59. The molecule has 0 radical (unpaired) electrons. The zero-order chi connectivity index (χ0) is 15.7. The van der Waals surface area contributed by atoms with Crippen LogP contribution in [0.15, 0.2) is 24.3 Å². The van der Waals surface area contributed by atoms with E-state index in [1.165, 1.54) is 24.3 Å². The van der Waals surface area contributed by atoms with Crippen LogP contribution in [-0.4, -0.2) is 38.0 Å². The molecular weight excluding hydrogens is 304 g/mol. The summed E-state index contributed by atoms with van der Waals surface area (Å²) >= 11 is 0. The molecular formula is C13H15F2NO4S. The van der Waals surface area contributed by atoms with Crippen LogP contribution in [0.25, 0.3) is 0 Å². The van der Waals surface area contributed by atoms with E-state index in [4.69, 9.17) is 0 Å². The minimum Gasteiger partial charge on any atom is -0.435 e. The standard InChI is InChI=1S/C13H15F2NO4S/c1-13(6-7-21(18,19)8-13)16-11(17)9-2-4-10(5-3-9)20-12(14)15/h2-5,12H,6-8H2,1H3,(H,16,17). The van der Waals surface area contributed by atoms with Crippen LogP contribution in [0, 0.1) is 0 Å². The molecule has 1 heterocycles. The highest BCUT2D eigenvalue weighted by Crippen LogP contribution is 2.23. The van der Waals surface area contributed by atoms with Gasteiger partial charge >= 0.3 is 6.61 Å². The monoisotopic (exact) mass is 319 g/mol. The number of sulfone groups is 1. The van der Waals surface area contributed by atoms with Crippen molar-refractivity contribution in [1.29, 1.82) is 0 Å². The molecule has 1 aromatic carbocycles. The van der Waals surface area contributed by atoms with E-state index in [1.54, 1.807) is 6.92 Å². The summed E-state index contributed by atoms with van der Waals surface area (Å²) in [7, 11) is -3.12. The fourth-order valence-electron chi connectivity index (χ4n) is 2.24. The second-order valence-corrected chi connectivity index (χ2v) is 7.44. The molecule has 0 saturated carbocycles. The van der Waals surface area contributed by atoms with Crippen LogP contribution in [0.4, 0.5) is 8.78 Å². The molecule has 1 atom stereocenters. The molecule has 1 saturated heterocycles. The van der Waals surface area contributed by atoms with Gasteiger partial charge in [0.05, 0.1) is 17.0 Å². The van der Waals surface area contributed by atoms with Gasteiger partial charge in [-0.05, 0) is 37.6 Å². The number of benzene rings is 1. The van der Waals surface area contributed by atoms with Crippen molar-refractivity contribution in [1.82, 2.24) is 5.32 Å². The van der Waals surface area contributed by atoms with Crippen molar-refractivity contribution in [3.8, 4) is 5.75 Å². The lowest BCUT2D eigenvalue weighted by atomic mass is 10.0. The van der Waals surface area contributed by atoms with Crippen LogP contribution >= 0.6 is 0 Å². The number of nitrogens with one attached hydrogen (secondary N) is 1. The third-order valence-electron chi connectivity index (χ3n) is 3.26. The topological polar surface area (TPSA) is 72.5 Å². The fraction of sp³-hybridized carbons (Fsp3) is 0.462. The maximum Gasteiger partial charge on any atom is 0.387 e. The Labute approximate surface area is 121 Å². The summed E-state index contributed by atoms with van der Waals surface area (Å²) < 4.78 is 51.2. The number of alkyl halides is 2. The Kier molecular flexibility index (Phi) is 4.18. The Balaban J connectivity index is 2.04. The van der Waals surface area contributed by atoms with Gasteiger partial charge in [0.15, 0.2) is 9.84 Å². The Morgan fingerprint density at radius 3 is 2.43 bits per heavy atom. The molecule has 0 spiro atoms. The van der Waals surface area contributed by atoms with Gasteiger partial charge in [-0.15, -0.1) is 0 Å². The van der Waals surface area contributed by atoms with E-state index in [-0.39, 0.29) is 22.8 Å². The number of amides is 1. The van der Waals surface area contributed by atoms with E-state index in [2.05, 4.69) is 10.1 Å². The van der Waals surface area contributed by atoms with E-state index in [0.717, 1.165) is 0 Å². The van der Waals surface area contributed by atoms with Gasteiger partial charge < -0.3 is 10.1 Å². The molecule has 1 amide bonds. The molecule has 5 nitrogen and oxygen atoms in total. The third kappa shape index (κ3) is 4.13. The number of ether oxygens (including phenoxy) is 1. The zero-order valence-corrected chi connectivity index (χ0v) is 12.1. The smallest absolute Gasteiger partial charge is 0.387 e.